The van der Waals surface area contributed by atoms with Gasteiger partial charge in [0.2, 0.25) is 0 Å². The van der Waals surface area contributed by atoms with Gasteiger partial charge in [0.25, 0.3) is 5.91 Å². The van der Waals surface area contributed by atoms with Crippen LogP contribution in [0.15, 0.2) is 47.2 Å². The van der Waals surface area contributed by atoms with E-state index >= 15 is 0 Å². The van der Waals surface area contributed by atoms with Crippen molar-refractivity contribution in [2.75, 3.05) is 18.5 Å². The summed E-state index contributed by atoms with van der Waals surface area (Å²) in [6.45, 7) is 1.40. The summed E-state index contributed by atoms with van der Waals surface area (Å²) in [5, 5.41) is 6.71. The summed E-state index contributed by atoms with van der Waals surface area (Å²) in [6.07, 6.45) is 2.72. The maximum atomic E-state index is 13.8. The third-order valence-electron chi connectivity index (χ3n) is 5.87. The molecule has 1 fully saturated rings. The predicted molar refractivity (Wildman–Crippen MR) is 130 cm³/mol. The van der Waals surface area contributed by atoms with Gasteiger partial charge >= 0.3 is 11.9 Å². The van der Waals surface area contributed by atoms with Crippen LogP contribution in [0.25, 0.3) is 10.4 Å². The molecule has 3 aromatic rings. The number of hydrogen-bond donors (Lipinski definition) is 1. The van der Waals surface area contributed by atoms with E-state index in [1.807, 2.05) is 17.5 Å². The largest absolute Gasteiger partial charge is 0.462 e. The van der Waals surface area contributed by atoms with Gasteiger partial charge in [0.15, 0.2) is 6.61 Å². The minimum atomic E-state index is -0.951. The minimum Gasteiger partial charge on any atom is -0.462 e. The monoisotopic (exact) mass is 501 g/mol. The van der Waals surface area contributed by atoms with Crippen molar-refractivity contribution >= 4 is 45.5 Å². The second-order valence-corrected chi connectivity index (χ2v) is 9.80. The van der Waals surface area contributed by atoms with Crippen molar-refractivity contribution in [3.8, 4) is 10.4 Å². The van der Waals surface area contributed by atoms with Gasteiger partial charge in [-0.25, -0.2) is 9.18 Å². The molecular formula is C25H24FNO5S2. The normalized spacial score (nSPS) is 14.5. The van der Waals surface area contributed by atoms with Gasteiger partial charge in [0.05, 0.1) is 12.0 Å². The molecule has 1 N–H and O–H groups in total. The van der Waals surface area contributed by atoms with Crippen molar-refractivity contribution in [2.45, 2.75) is 38.0 Å². The van der Waals surface area contributed by atoms with Crippen LogP contribution in [0.2, 0.25) is 0 Å². The number of halogens is 1. The fraction of sp³-hybridized carbons (Fsp3) is 0.320. The molecule has 6 nitrogen and oxygen atoms in total. The van der Waals surface area contributed by atoms with Crippen molar-refractivity contribution in [3.63, 3.8) is 0 Å². The average Bonchev–Trinajstić information content (AvgIpc) is 3.58. The molecule has 0 radical (unpaired) electrons. The Hall–Kier alpha value is -3.04. The summed E-state index contributed by atoms with van der Waals surface area (Å²) in [4.78, 5) is 39.2. The molecule has 1 aliphatic carbocycles. The Morgan fingerprint density at radius 2 is 1.88 bits per heavy atom. The molecule has 4 rings (SSSR count). The summed E-state index contributed by atoms with van der Waals surface area (Å²) in [5.41, 5.74) is 0.579. The summed E-state index contributed by atoms with van der Waals surface area (Å²) >= 11 is 2.68. The molecule has 1 aliphatic rings. The molecule has 0 spiro atoms. The summed E-state index contributed by atoms with van der Waals surface area (Å²) in [7, 11) is 0. The predicted octanol–water partition coefficient (Wildman–Crippen LogP) is 5.79. The van der Waals surface area contributed by atoms with Crippen molar-refractivity contribution < 1.29 is 28.2 Å². The van der Waals surface area contributed by atoms with E-state index < -0.39 is 35.7 Å². The smallest absolute Gasteiger partial charge is 0.341 e. The van der Waals surface area contributed by atoms with Gasteiger partial charge in [0, 0.05) is 15.8 Å². The molecule has 178 valence electrons. The number of benzene rings is 1. The number of amides is 1. The number of nitrogens with one attached hydrogen (secondary N) is 1. The SMILES string of the molecule is CCOC(=O)c1c(-c2cccs2)csc1NC(=O)COC(=O)C1(c2cccc(F)c2)CCCC1. The molecule has 0 aliphatic heterocycles. The highest BCUT2D eigenvalue weighted by molar-refractivity contribution is 7.17. The Morgan fingerprint density at radius 1 is 1.09 bits per heavy atom. The standard InChI is InChI=1S/C25H24FNO5S2/c1-2-31-23(29)21-18(19-9-6-12-33-19)15-34-22(21)27-20(28)14-32-24(30)25(10-3-4-11-25)16-7-5-8-17(26)13-16/h5-9,12-13,15H,2-4,10-11,14H2,1H3,(H,27,28). The Labute approximate surface area is 204 Å². The third kappa shape index (κ3) is 4.90. The van der Waals surface area contributed by atoms with Crippen LogP contribution in [0, 0.1) is 5.82 Å². The van der Waals surface area contributed by atoms with Crippen molar-refractivity contribution in [1.29, 1.82) is 0 Å². The van der Waals surface area contributed by atoms with E-state index in [0.29, 0.717) is 29.0 Å². The molecule has 2 heterocycles. The maximum absolute atomic E-state index is 13.8. The highest BCUT2D eigenvalue weighted by atomic mass is 32.1. The van der Waals surface area contributed by atoms with Crippen LogP contribution in [0.1, 0.15) is 48.5 Å². The molecule has 1 aromatic carbocycles. The molecule has 2 aromatic heterocycles. The lowest BCUT2D eigenvalue weighted by molar-refractivity contribution is -0.153. The summed E-state index contributed by atoms with van der Waals surface area (Å²) in [6, 6.07) is 9.74. The third-order valence-corrected chi connectivity index (χ3v) is 7.67. The zero-order valence-electron chi connectivity index (χ0n) is 18.6. The number of carbonyl (C=O) groups is 3. The Morgan fingerprint density at radius 3 is 2.56 bits per heavy atom. The summed E-state index contributed by atoms with van der Waals surface area (Å²) < 4.78 is 24.4. The van der Waals surface area contributed by atoms with E-state index in [2.05, 4.69) is 5.32 Å². The van der Waals surface area contributed by atoms with Gasteiger partial charge in [-0.15, -0.1) is 22.7 Å². The second kappa shape index (κ2) is 10.5. The lowest BCUT2D eigenvalue weighted by Gasteiger charge is -2.27. The first-order valence-corrected chi connectivity index (χ1v) is 12.8. The number of anilines is 1. The van der Waals surface area contributed by atoms with Crippen molar-refractivity contribution in [3.05, 3.63) is 64.1 Å². The van der Waals surface area contributed by atoms with E-state index in [1.165, 1.54) is 34.8 Å². The van der Waals surface area contributed by atoms with Gasteiger partial charge in [-0.1, -0.05) is 31.0 Å². The average molecular weight is 502 g/mol. The van der Waals surface area contributed by atoms with Crippen LogP contribution in [-0.2, 0) is 24.5 Å². The Balaban J connectivity index is 1.48. The van der Waals surface area contributed by atoms with Gasteiger partial charge in [-0.05, 0) is 48.9 Å². The Bertz CT molecular complexity index is 1180. The number of carbonyl (C=O) groups excluding carboxylic acids is 3. The molecule has 1 saturated carbocycles. The van der Waals surface area contributed by atoms with Gasteiger partial charge in [-0.3, -0.25) is 9.59 Å². The number of thiophene rings is 2. The quantitative estimate of drug-likeness (QED) is 0.395. The van der Waals surface area contributed by atoms with Gasteiger partial charge < -0.3 is 14.8 Å². The van der Waals surface area contributed by atoms with E-state index in [4.69, 9.17) is 9.47 Å². The number of hydrogen-bond acceptors (Lipinski definition) is 7. The molecule has 0 atom stereocenters. The molecule has 1 amide bonds. The first-order valence-electron chi connectivity index (χ1n) is 11.0. The highest BCUT2D eigenvalue weighted by Crippen LogP contribution is 2.42. The molecule has 0 bridgehead atoms. The number of ether oxygens (including phenoxy) is 2. The fourth-order valence-corrected chi connectivity index (χ4v) is 6.06. The molecule has 9 heteroatoms. The maximum Gasteiger partial charge on any atom is 0.341 e. The Kier molecular flexibility index (Phi) is 7.43. The van der Waals surface area contributed by atoms with Crippen LogP contribution in [-0.4, -0.2) is 31.1 Å². The molecule has 0 unspecified atom stereocenters. The minimum absolute atomic E-state index is 0.200. The van der Waals surface area contributed by atoms with E-state index in [9.17, 15) is 18.8 Å². The van der Waals surface area contributed by atoms with Crippen LogP contribution in [0.4, 0.5) is 9.39 Å². The zero-order chi connectivity index (χ0) is 24.1. The van der Waals surface area contributed by atoms with Crippen LogP contribution < -0.4 is 5.32 Å². The van der Waals surface area contributed by atoms with Crippen LogP contribution in [0.3, 0.4) is 0 Å². The highest BCUT2D eigenvalue weighted by Gasteiger charge is 2.44. The first kappa shape index (κ1) is 24.1. The lowest BCUT2D eigenvalue weighted by atomic mass is 9.79. The van der Waals surface area contributed by atoms with Crippen molar-refractivity contribution in [2.24, 2.45) is 0 Å². The lowest BCUT2D eigenvalue weighted by Crippen LogP contribution is -2.36. The number of rotatable bonds is 8. The van der Waals surface area contributed by atoms with E-state index in [0.717, 1.165) is 17.7 Å². The van der Waals surface area contributed by atoms with Crippen molar-refractivity contribution in [1.82, 2.24) is 0 Å². The topological polar surface area (TPSA) is 81.7 Å². The van der Waals surface area contributed by atoms with Gasteiger partial charge in [-0.2, -0.15) is 0 Å². The van der Waals surface area contributed by atoms with Crippen LogP contribution >= 0.6 is 22.7 Å². The van der Waals surface area contributed by atoms with E-state index in [1.54, 1.807) is 24.4 Å². The number of esters is 2. The summed E-state index contributed by atoms with van der Waals surface area (Å²) in [5.74, 6) is -2.05. The molecule has 0 saturated heterocycles. The zero-order valence-corrected chi connectivity index (χ0v) is 20.2. The van der Waals surface area contributed by atoms with E-state index in [-0.39, 0.29) is 12.2 Å². The second-order valence-electron chi connectivity index (χ2n) is 7.98. The van der Waals surface area contributed by atoms with Gasteiger partial charge in [0.1, 0.15) is 16.4 Å². The van der Waals surface area contributed by atoms with Crippen LogP contribution in [0.5, 0.6) is 0 Å². The molecule has 34 heavy (non-hydrogen) atoms. The fourth-order valence-electron chi connectivity index (χ4n) is 4.28. The molecular weight excluding hydrogens is 477 g/mol. The first-order chi connectivity index (χ1) is 16.4.